The number of nitrogen functional groups attached to an aromatic ring is 1. The number of hydrogen-bond acceptors (Lipinski definition) is 5. The number of likely N-dealkylation sites (tertiary alicyclic amines) is 1. The van der Waals surface area contributed by atoms with Crippen molar-refractivity contribution in [3.05, 3.63) is 58.7 Å². The molecule has 0 radical (unpaired) electrons. The minimum absolute atomic E-state index is 0.137. The van der Waals surface area contributed by atoms with Gasteiger partial charge in [0.15, 0.2) is 0 Å². The molecule has 43 heavy (non-hydrogen) atoms. The van der Waals surface area contributed by atoms with Crippen molar-refractivity contribution < 1.29 is 45.5 Å². The van der Waals surface area contributed by atoms with Gasteiger partial charge in [0.1, 0.15) is 6.04 Å². The number of piperidine rings is 1. The number of benzene rings is 2. The van der Waals surface area contributed by atoms with Gasteiger partial charge in [-0.05, 0) is 55.5 Å². The maximum absolute atomic E-state index is 13.5. The van der Waals surface area contributed by atoms with Gasteiger partial charge in [-0.2, -0.15) is 26.3 Å². The number of rotatable bonds is 6. The monoisotopic (exact) mass is 615 g/mol. The zero-order valence-electron chi connectivity index (χ0n) is 23.1. The molecule has 4 rings (SSSR count). The van der Waals surface area contributed by atoms with Crippen LogP contribution in [0.1, 0.15) is 42.0 Å². The predicted octanol–water partition coefficient (Wildman–Crippen LogP) is 5.04. The van der Waals surface area contributed by atoms with Crippen molar-refractivity contribution in [3.63, 3.8) is 0 Å². The third-order valence-corrected chi connectivity index (χ3v) is 7.49. The van der Waals surface area contributed by atoms with Crippen LogP contribution in [0.5, 0.6) is 0 Å². The van der Waals surface area contributed by atoms with E-state index in [0.29, 0.717) is 37.9 Å². The van der Waals surface area contributed by atoms with Crippen molar-refractivity contribution in [2.24, 2.45) is 0 Å². The van der Waals surface area contributed by atoms with Crippen LogP contribution in [0.25, 0.3) is 0 Å². The lowest BCUT2D eigenvalue weighted by Gasteiger charge is -2.38. The molecule has 2 aromatic rings. The molecule has 15 heteroatoms. The predicted molar refractivity (Wildman–Crippen MR) is 144 cm³/mol. The summed E-state index contributed by atoms with van der Waals surface area (Å²) in [6, 6.07) is 5.58. The Hall–Kier alpha value is -4.17. The van der Waals surface area contributed by atoms with Crippen LogP contribution in [0.2, 0.25) is 0 Å². The van der Waals surface area contributed by atoms with E-state index in [9.17, 15) is 40.7 Å². The highest BCUT2D eigenvalue weighted by molar-refractivity contribution is 5.91. The number of para-hydroxylation sites is 1. The Balaban J connectivity index is 1.45. The number of halogens is 6. The number of carbonyl (C=O) groups is 3. The molecule has 4 N–H and O–H groups in total. The minimum Gasteiger partial charge on any atom is -0.464 e. The summed E-state index contributed by atoms with van der Waals surface area (Å²) in [5.41, 5.74) is 1.56. The van der Waals surface area contributed by atoms with Crippen LogP contribution in [-0.4, -0.2) is 66.2 Å². The normalized spacial score (nSPS) is 17.0. The molecule has 0 bridgehead atoms. The second-order valence-corrected chi connectivity index (χ2v) is 10.3. The lowest BCUT2D eigenvalue weighted by Crippen LogP contribution is -2.54. The average Bonchev–Trinajstić information content (AvgIpc) is 3.10. The second kappa shape index (κ2) is 12.6. The van der Waals surface area contributed by atoms with Gasteiger partial charge in [0, 0.05) is 37.8 Å². The molecular weight excluding hydrogens is 584 g/mol. The topological polar surface area (TPSA) is 117 Å². The molecule has 1 atom stereocenters. The van der Waals surface area contributed by atoms with E-state index in [-0.39, 0.29) is 31.8 Å². The maximum atomic E-state index is 13.5. The molecule has 234 valence electrons. The zero-order chi connectivity index (χ0) is 31.5. The Kier molecular flexibility index (Phi) is 9.30. The van der Waals surface area contributed by atoms with Crippen LogP contribution in [-0.2, 0) is 34.7 Å². The standard InChI is InChI=1S/C28H31F6N5O4/c1-2-43-24(40)22(15-16-13-19(27(29,30)31)23(35)20(14-16)28(32,33)34)37-25(41)38-10-8-18(9-11-38)39-12-7-17-5-3-4-6-21(17)36-26(39)42/h3-6,13-14,18,22H,2,7-12,15,35H2,1H3,(H,36,42)(H,37,41)/t22-/m1/s1. The summed E-state index contributed by atoms with van der Waals surface area (Å²) in [6.07, 6.45) is -9.61. The van der Waals surface area contributed by atoms with Gasteiger partial charge in [0.2, 0.25) is 0 Å². The van der Waals surface area contributed by atoms with E-state index in [1.807, 2.05) is 24.3 Å². The number of amides is 4. The summed E-state index contributed by atoms with van der Waals surface area (Å²) in [4.78, 5) is 41.7. The highest BCUT2D eigenvalue weighted by atomic mass is 19.4. The fourth-order valence-corrected chi connectivity index (χ4v) is 5.33. The Labute approximate surface area is 243 Å². The van der Waals surface area contributed by atoms with Gasteiger partial charge < -0.3 is 30.9 Å². The molecule has 0 saturated carbocycles. The molecule has 2 aliphatic rings. The number of alkyl halides is 6. The number of nitrogens with zero attached hydrogens (tertiary/aromatic N) is 2. The van der Waals surface area contributed by atoms with E-state index in [1.54, 1.807) is 4.90 Å². The number of nitrogens with one attached hydrogen (secondary N) is 2. The lowest BCUT2D eigenvalue weighted by molar-refractivity contribution is -0.145. The van der Waals surface area contributed by atoms with Crippen LogP contribution in [0, 0.1) is 0 Å². The molecule has 2 aromatic carbocycles. The molecule has 0 unspecified atom stereocenters. The first-order valence-electron chi connectivity index (χ1n) is 13.6. The highest BCUT2D eigenvalue weighted by Gasteiger charge is 2.41. The first-order chi connectivity index (χ1) is 20.2. The molecule has 0 spiro atoms. The molecule has 1 fully saturated rings. The van der Waals surface area contributed by atoms with Crippen LogP contribution in [0.15, 0.2) is 36.4 Å². The third kappa shape index (κ3) is 7.43. The molecule has 0 aliphatic carbocycles. The van der Waals surface area contributed by atoms with E-state index in [2.05, 4.69) is 10.6 Å². The Morgan fingerprint density at radius 3 is 2.23 bits per heavy atom. The number of hydrogen-bond donors (Lipinski definition) is 3. The average molecular weight is 616 g/mol. The summed E-state index contributed by atoms with van der Waals surface area (Å²) >= 11 is 0. The van der Waals surface area contributed by atoms with Gasteiger partial charge in [-0.3, -0.25) is 0 Å². The second-order valence-electron chi connectivity index (χ2n) is 10.3. The number of anilines is 2. The molecular formula is C28H31F6N5O4. The highest BCUT2D eigenvalue weighted by Crippen LogP contribution is 2.42. The van der Waals surface area contributed by atoms with E-state index >= 15 is 0 Å². The summed E-state index contributed by atoms with van der Waals surface area (Å²) in [5, 5.41) is 5.30. The summed E-state index contributed by atoms with van der Waals surface area (Å²) < 4.78 is 86.0. The maximum Gasteiger partial charge on any atom is 0.418 e. The van der Waals surface area contributed by atoms with Crippen molar-refractivity contribution in [3.8, 4) is 0 Å². The first-order valence-corrected chi connectivity index (χ1v) is 13.6. The fraction of sp³-hybridized carbons (Fsp3) is 0.464. The largest absolute Gasteiger partial charge is 0.464 e. The third-order valence-electron chi connectivity index (χ3n) is 7.49. The van der Waals surface area contributed by atoms with E-state index in [4.69, 9.17) is 10.5 Å². The smallest absolute Gasteiger partial charge is 0.418 e. The lowest BCUT2D eigenvalue weighted by atomic mass is 9.97. The summed E-state index contributed by atoms with van der Waals surface area (Å²) in [5.74, 6) is -1.02. The van der Waals surface area contributed by atoms with Crippen LogP contribution < -0.4 is 16.4 Å². The van der Waals surface area contributed by atoms with Crippen molar-refractivity contribution in [1.82, 2.24) is 15.1 Å². The number of carbonyl (C=O) groups excluding carboxylic acids is 3. The minimum atomic E-state index is -5.19. The van der Waals surface area contributed by atoms with Crippen molar-refractivity contribution in [1.29, 1.82) is 0 Å². The van der Waals surface area contributed by atoms with Crippen molar-refractivity contribution in [2.75, 3.05) is 37.3 Å². The van der Waals surface area contributed by atoms with Gasteiger partial charge in [-0.1, -0.05) is 18.2 Å². The Bertz CT molecular complexity index is 1320. The Morgan fingerprint density at radius 2 is 1.65 bits per heavy atom. The van der Waals surface area contributed by atoms with Gasteiger partial charge in [-0.25, -0.2) is 14.4 Å². The van der Waals surface area contributed by atoms with Crippen molar-refractivity contribution in [2.45, 2.75) is 57.0 Å². The number of urea groups is 2. The number of nitrogens with two attached hydrogens (primary N) is 1. The van der Waals surface area contributed by atoms with Gasteiger partial charge in [-0.15, -0.1) is 0 Å². The van der Waals surface area contributed by atoms with Gasteiger partial charge in [0.25, 0.3) is 0 Å². The van der Waals surface area contributed by atoms with Crippen LogP contribution >= 0.6 is 0 Å². The van der Waals surface area contributed by atoms with E-state index in [1.165, 1.54) is 11.8 Å². The quantitative estimate of drug-likeness (QED) is 0.239. The van der Waals surface area contributed by atoms with Crippen molar-refractivity contribution >= 4 is 29.4 Å². The SMILES string of the molecule is CCOC(=O)[C@@H](Cc1cc(C(F)(F)F)c(N)c(C(F)(F)F)c1)NC(=O)N1CCC(N2CCc3ccccc3NC2=O)CC1. The molecule has 0 aromatic heterocycles. The number of ether oxygens (including phenoxy) is 1. The molecule has 9 nitrogen and oxygen atoms in total. The molecule has 1 saturated heterocycles. The number of esters is 1. The Morgan fingerprint density at radius 1 is 1.05 bits per heavy atom. The fourth-order valence-electron chi connectivity index (χ4n) is 5.33. The number of fused-ring (bicyclic) bond motifs is 1. The van der Waals surface area contributed by atoms with Crippen LogP contribution in [0.4, 0.5) is 47.3 Å². The summed E-state index contributed by atoms with van der Waals surface area (Å²) in [7, 11) is 0. The molecule has 2 aliphatic heterocycles. The van der Waals surface area contributed by atoms with Crippen LogP contribution in [0.3, 0.4) is 0 Å². The van der Waals surface area contributed by atoms with E-state index < -0.39 is 59.2 Å². The molecule has 2 heterocycles. The molecule has 4 amide bonds. The summed E-state index contributed by atoms with van der Waals surface area (Å²) in [6.45, 7) is 2.20. The van der Waals surface area contributed by atoms with E-state index in [0.717, 1.165) is 11.3 Å². The van der Waals surface area contributed by atoms with Gasteiger partial charge >= 0.3 is 30.4 Å². The zero-order valence-corrected chi connectivity index (χ0v) is 23.1. The van der Waals surface area contributed by atoms with Gasteiger partial charge in [0.05, 0.1) is 23.4 Å². The first kappa shape index (κ1) is 31.8.